The van der Waals surface area contributed by atoms with E-state index in [1.165, 1.54) is 0 Å². The van der Waals surface area contributed by atoms with E-state index in [-0.39, 0.29) is 30.8 Å². The fraction of sp³-hybridized carbons (Fsp3) is 0.600. The Morgan fingerprint density at radius 2 is 2.05 bits per heavy atom. The Labute approximate surface area is 114 Å². The van der Waals surface area contributed by atoms with Crippen molar-refractivity contribution in [2.24, 2.45) is 11.8 Å². The largest absolute Gasteiger partial charge is 0.497 e. The molecule has 1 aliphatic heterocycles. The highest BCUT2D eigenvalue weighted by Gasteiger charge is 2.33. The van der Waals surface area contributed by atoms with Gasteiger partial charge in [0.2, 0.25) is 0 Å². The van der Waals surface area contributed by atoms with Crippen LogP contribution < -0.4 is 4.74 Å². The Balaban J connectivity index is 2.08. The molecule has 0 aromatic heterocycles. The standard InChI is InChI=1S/C15H22O4/c1-10(8-16)14-11(2)9-18-15(19-14)12-4-6-13(17-3)7-5-12/h4-7,10-11,14-16H,8-9H2,1-3H3/t10-,11?,14+,15-/m0/s1. The summed E-state index contributed by atoms with van der Waals surface area (Å²) in [5.41, 5.74) is 0.975. The van der Waals surface area contributed by atoms with Crippen LogP contribution >= 0.6 is 0 Å². The van der Waals surface area contributed by atoms with Crippen molar-refractivity contribution < 1.29 is 19.3 Å². The summed E-state index contributed by atoms with van der Waals surface area (Å²) in [7, 11) is 1.64. The minimum Gasteiger partial charge on any atom is -0.497 e. The van der Waals surface area contributed by atoms with Gasteiger partial charge in [-0.2, -0.15) is 0 Å². The number of rotatable bonds is 4. The third kappa shape index (κ3) is 3.26. The van der Waals surface area contributed by atoms with Crippen molar-refractivity contribution in [1.29, 1.82) is 0 Å². The second kappa shape index (κ2) is 6.37. The molecule has 1 fully saturated rings. The molecular formula is C15H22O4. The van der Waals surface area contributed by atoms with Gasteiger partial charge in [-0.1, -0.05) is 26.0 Å². The van der Waals surface area contributed by atoms with Gasteiger partial charge in [0.15, 0.2) is 6.29 Å². The van der Waals surface area contributed by atoms with Crippen molar-refractivity contribution >= 4 is 0 Å². The maximum atomic E-state index is 9.29. The van der Waals surface area contributed by atoms with Gasteiger partial charge in [0.05, 0.1) is 19.8 Å². The van der Waals surface area contributed by atoms with Gasteiger partial charge in [-0.15, -0.1) is 0 Å². The maximum Gasteiger partial charge on any atom is 0.184 e. The van der Waals surface area contributed by atoms with Crippen molar-refractivity contribution in [3.8, 4) is 5.75 Å². The summed E-state index contributed by atoms with van der Waals surface area (Å²) in [4.78, 5) is 0. The van der Waals surface area contributed by atoms with Gasteiger partial charge in [0, 0.05) is 24.0 Å². The van der Waals surface area contributed by atoms with Crippen LogP contribution in [0.15, 0.2) is 24.3 Å². The number of benzene rings is 1. The highest BCUT2D eigenvalue weighted by molar-refractivity contribution is 5.28. The van der Waals surface area contributed by atoms with Gasteiger partial charge in [0.25, 0.3) is 0 Å². The fourth-order valence-electron chi connectivity index (χ4n) is 2.38. The van der Waals surface area contributed by atoms with E-state index in [9.17, 15) is 5.11 Å². The molecule has 0 spiro atoms. The van der Waals surface area contributed by atoms with Crippen molar-refractivity contribution in [3.63, 3.8) is 0 Å². The van der Waals surface area contributed by atoms with Crippen molar-refractivity contribution in [2.45, 2.75) is 26.2 Å². The number of hydrogen-bond donors (Lipinski definition) is 1. The maximum absolute atomic E-state index is 9.29. The summed E-state index contributed by atoms with van der Waals surface area (Å²) in [5.74, 6) is 1.21. The van der Waals surface area contributed by atoms with Crippen LogP contribution in [0.25, 0.3) is 0 Å². The van der Waals surface area contributed by atoms with Crippen molar-refractivity contribution in [1.82, 2.24) is 0 Å². The molecule has 0 radical (unpaired) electrons. The lowest BCUT2D eigenvalue weighted by molar-refractivity contribution is -0.251. The smallest absolute Gasteiger partial charge is 0.184 e. The van der Waals surface area contributed by atoms with E-state index in [1.807, 2.05) is 31.2 Å². The first-order chi connectivity index (χ1) is 9.15. The molecule has 0 amide bonds. The Morgan fingerprint density at radius 3 is 2.63 bits per heavy atom. The molecule has 4 nitrogen and oxygen atoms in total. The summed E-state index contributed by atoms with van der Waals surface area (Å²) in [5, 5.41) is 9.29. The number of methoxy groups -OCH3 is 1. The monoisotopic (exact) mass is 266 g/mol. The molecule has 1 N–H and O–H groups in total. The summed E-state index contributed by atoms with van der Waals surface area (Å²) in [6.45, 7) is 4.86. The Kier molecular flexibility index (Phi) is 4.80. The van der Waals surface area contributed by atoms with Crippen LogP contribution in [0.1, 0.15) is 25.7 Å². The van der Waals surface area contributed by atoms with E-state index in [0.29, 0.717) is 6.61 Å². The molecule has 19 heavy (non-hydrogen) atoms. The molecule has 0 aliphatic carbocycles. The molecule has 1 aromatic rings. The zero-order valence-corrected chi connectivity index (χ0v) is 11.7. The zero-order chi connectivity index (χ0) is 13.8. The molecular weight excluding hydrogens is 244 g/mol. The van der Waals surface area contributed by atoms with Crippen molar-refractivity contribution in [2.75, 3.05) is 20.3 Å². The molecule has 1 unspecified atom stereocenters. The summed E-state index contributed by atoms with van der Waals surface area (Å²) >= 11 is 0. The first-order valence-corrected chi connectivity index (χ1v) is 6.67. The minimum atomic E-state index is -0.360. The highest BCUT2D eigenvalue weighted by Crippen LogP contribution is 2.32. The predicted octanol–water partition coefficient (Wildman–Crippen LogP) is 2.37. The molecule has 1 saturated heterocycles. The molecule has 0 saturated carbocycles. The van der Waals surface area contributed by atoms with Crippen LogP contribution in [-0.2, 0) is 9.47 Å². The van der Waals surface area contributed by atoms with Crippen molar-refractivity contribution in [3.05, 3.63) is 29.8 Å². The molecule has 106 valence electrons. The second-order valence-electron chi connectivity index (χ2n) is 5.18. The minimum absolute atomic E-state index is 0.0193. The average Bonchev–Trinajstić information content (AvgIpc) is 2.47. The Bertz CT molecular complexity index is 386. The molecule has 4 heteroatoms. The van der Waals surface area contributed by atoms with Gasteiger partial charge in [-0.3, -0.25) is 0 Å². The number of aliphatic hydroxyl groups excluding tert-OH is 1. The number of ether oxygens (including phenoxy) is 3. The van der Waals surface area contributed by atoms with Gasteiger partial charge < -0.3 is 19.3 Å². The quantitative estimate of drug-likeness (QED) is 0.909. The van der Waals surface area contributed by atoms with Crippen LogP contribution in [0.2, 0.25) is 0 Å². The lowest BCUT2D eigenvalue weighted by Crippen LogP contribution is -2.40. The van der Waals surface area contributed by atoms with E-state index in [4.69, 9.17) is 14.2 Å². The van der Waals surface area contributed by atoms with Crippen LogP contribution in [0, 0.1) is 11.8 Å². The summed E-state index contributed by atoms with van der Waals surface area (Å²) in [6, 6.07) is 7.68. The molecule has 1 heterocycles. The third-order valence-corrected chi connectivity index (χ3v) is 3.59. The van der Waals surface area contributed by atoms with Gasteiger partial charge in [-0.05, 0) is 12.1 Å². The lowest BCUT2D eigenvalue weighted by atomic mass is 9.93. The van der Waals surface area contributed by atoms with Crippen LogP contribution in [0.3, 0.4) is 0 Å². The number of aliphatic hydroxyl groups is 1. The molecule has 2 rings (SSSR count). The van der Waals surface area contributed by atoms with Crippen LogP contribution in [0.4, 0.5) is 0 Å². The third-order valence-electron chi connectivity index (χ3n) is 3.59. The summed E-state index contributed by atoms with van der Waals surface area (Å²) in [6.07, 6.45) is -0.341. The second-order valence-corrected chi connectivity index (χ2v) is 5.18. The van der Waals surface area contributed by atoms with Gasteiger partial charge in [0.1, 0.15) is 5.75 Å². The Morgan fingerprint density at radius 1 is 1.37 bits per heavy atom. The predicted molar refractivity (Wildman–Crippen MR) is 72.0 cm³/mol. The molecule has 1 aliphatic rings. The average molecular weight is 266 g/mol. The first-order valence-electron chi connectivity index (χ1n) is 6.67. The van der Waals surface area contributed by atoms with E-state index in [0.717, 1.165) is 11.3 Å². The first kappa shape index (κ1) is 14.3. The topological polar surface area (TPSA) is 47.9 Å². The van der Waals surface area contributed by atoms with E-state index < -0.39 is 0 Å². The molecule has 1 aromatic carbocycles. The number of hydrogen-bond acceptors (Lipinski definition) is 4. The molecule has 0 bridgehead atoms. The van der Waals surface area contributed by atoms with Gasteiger partial charge in [-0.25, -0.2) is 0 Å². The fourth-order valence-corrected chi connectivity index (χ4v) is 2.38. The Hall–Kier alpha value is -1.10. The highest BCUT2D eigenvalue weighted by atomic mass is 16.7. The van der Waals surface area contributed by atoms with E-state index >= 15 is 0 Å². The SMILES string of the molecule is COc1ccc([C@H]2OCC(C)[C@@H]([C@@H](C)CO)O2)cc1. The normalized spacial score (nSPS) is 28.9. The summed E-state index contributed by atoms with van der Waals surface area (Å²) < 4.78 is 16.9. The molecule has 4 atom stereocenters. The lowest BCUT2D eigenvalue weighted by Gasteiger charge is -2.37. The van der Waals surface area contributed by atoms with Gasteiger partial charge >= 0.3 is 0 Å². The van der Waals surface area contributed by atoms with Crippen LogP contribution in [-0.4, -0.2) is 31.5 Å². The van der Waals surface area contributed by atoms with E-state index in [1.54, 1.807) is 7.11 Å². The zero-order valence-electron chi connectivity index (χ0n) is 11.7. The van der Waals surface area contributed by atoms with E-state index in [2.05, 4.69) is 6.92 Å². The van der Waals surface area contributed by atoms with Crippen LogP contribution in [0.5, 0.6) is 5.75 Å².